The molecule has 2 N–H and O–H groups in total. The standard InChI is InChI=1S/C18H19BrN4O3/c1-12-5-6-16(15(19)8-12)26-11-18(25)23-22-13(2)9-17(24)21-14-4-3-7-20-10-14/h3-8,10H,9,11H2,1-2H3,(H,21,24)(H,23,25)/b22-13-. The van der Waals surface area contributed by atoms with Gasteiger partial charge in [0.25, 0.3) is 5.91 Å². The van der Waals surface area contributed by atoms with Crippen molar-refractivity contribution in [3.63, 3.8) is 0 Å². The molecule has 0 fully saturated rings. The predicted molar refractivity (Wildman–Crippen MR) is 103 cm³/mol. The highest BCUT2D eigenvalue weighted by Crippen LogP contribution is 2.25. The minimum atomic E-state index is -0.413. The molecule has 0 radical (unpaired) electrons. The summed E-state index contributed by atoms with van der Waals surface area (Å²) < 4.78 is 6.21. The number of hydrogen-bond acceptors (Lipinski definition) is 5. The van der Waals surface area contributed by atoms with Crippen LogP contribution in [0.15, 0.2) is 52.3 Å². The summed E-state index contributed by atoms with van der Waals surface area (Å²) in [6, 6.07) is 9.03. The Balaban J connectivity index is 1.76. The van der Waals surface area contributed by atoms with Gasteiger partial charge in [0.05, 0.1) is 22.8 Å². The van der Waals surface area contributed by atoms with Gasteiger partial charge in [-0.1, -0.05) is 6.07 Å². The number of nitrogens with zero attached hydrogens (tertiary/aromatic N) is 2. The number of ether oxygens (including phenoxy) is 1. The Morgan fingerprint density at radius 2 is 2.08 bits per heavy atom. The SMILES string of the molecule is C/C(CC(=O)Nc1cccnc1)=N/NC(=O)COc1ccc(C)cc1Br. The van der Waals surface area contributed by atoms with Crippen molar-refractivity contribution in [3.8, 4) is 5.75 Å². The smallest absolute Gasteiger partial charge is 0.277 e. The van der Waals surface area contributed by atoms with Gasteiger partial charge < -0.3 is 10.1 Å². The molecule has 0 aliphatic carbocycles. The molecule has 26 heavy (non-hydrogen) atoms. The Labute approximate surface area is 160 Å². The number of carbonyl (C=O) groups excluding carboxylic acids is 2. The zero-order valence-electron chi connectivity index (χ0n) is 14.5. The molecular weight excluding hydrogens is 400 g/mol. The van der Waals surface area contributed by atoms with Crippen LogP contribution >= 0.6 is 15.9 Å². The van der Waals surface area contributed by atoms with Crippen LogP contribution < -0.4 is 15.5 Å². The van der Waals surface area contributed by atoms with E-state index in [0.29, 0.717) is 17.1 Å². The topological polar surface area (TPSA) is 92.7 Å². The molecule has 2 rings (SSSR count). The Bertz CT molecular complexity index is 809. The second kappa shape index (κ2) is 9.67. The number of anilines is 1. The van der Waals surface area contributed by atoms with Gasteiger partial charge in [-0.15, -0.1) is 0 Å². The van der Waals surface area contributed by atoms with E-state index in [1.54, 1.807) is 37.5 Å². The van der Waals surface area contributed by atoms with Gasteiger partial charge in [-0.05, 0) is 59.6 Å². The first-order chi connectivity index (χ1) is 12.4. The number of aryl methyl sites for hydroxylation is 1. The summed E-state index contributed by atoms with van der Waals surface area (Å²) in [5.41, 5.74) is 4.52. The number of pyridine rings is 1. The molecule has 1 aromatic heterocycles. The number of aromatic nitrogens is 1. The van der Waals surface area contributed by atoms with Crippen molar-refractivity contribution in [1.29, 1.82) is 0 Å². The Morgan fingerprint density at radius 1 is 1.27 bits per heavy atom. The molecule has 0 bridgehead atoms. The van der Waals surface area contributed by atoms with E-state index in [1.165, 1.54) is 0 Å². The molecule has 1 heterocycles. The highest BCUT2D eigenvalue weighted by molar-refractivity contribution is 9.10. The van der Waals surface area contributed by atoms with Crippen molar-refractivity contribution in [2.75, 3.05) is 11.9 Å². The summed E-state index contributed by atoms with van der Waals surface area (Å²) in [5, 5.41) is 6.60. The van der Waals surface area contributed by atoms with Gasteiger partial charge in [-0.25, -0.2) is 5.43 Å². The molecule has 0 saturated carbocycles. The first-order valence-electron chi connectivity index (χ1n) is 7.85. The maximum absolute atomic E-state index is 11.9. The number of benzene rings is 1. The minimum Gasteiger partial charge on any atom is -0.483 e. The van der Waals surface area contributed by atoms with Gasteiger partial charge in [0.2, 0.25) is 5.91 Å². The molecule has 0 saturated heterocycles. The van der Waals surface area contributed by atoms with Gasteiger partial charge in [-0.2, -0.15) is 5.10 Å². The molecule has 0 atom stereocenters. The molecule has 7 nitrogen and oxygen atoms in total. The molecule has 0 unspecified atom stereocenters. The second-order valence-corrected chi connectivity index (χ2v) is 6.43. The van der Waals surface area contributed by atoms with E-state index in [1.807, 2.05) is 19.1 Å². The lowest BCUT2D eigenvalue weighted by Gasteiger charge is -2.08. The van der Waals surface area contributed by atoms with Crippen LogP contribution in [0.5, 0.6) is 5.75 Å². The van der Waals surface area contributed by atoms with Crippen molar-refractivity contribution in [1.82, 2.24) is 10.4 Å². The molecule has 2 aromatic rings. The third-order valence-electron chi connectivity index (χ3n) is 3.18. The Kier molecular flexibility index (Phi) is 7.28. The monoisotopic (exact) mass is 418 g/mol. The zero-order chi connectivity index (χ0) is 18.9. The van der Waals surface area contributed by atoms with Crippen LogP contribution in [0.1, 0.15) is 18.9 Å². The van der Waals surface area contributed by atoms with E-state index in [0.717, 1.165) is 10.0 Å². The number of nitrogens with one attached hydrogen (secondary N) is 2. The molecule has 2 amide bonds. The maximum atomic E-state index is 11.9. The first kappa shape index (κ1) is 19.6. The lowest BCUT2D eigenvalue weighted by molar-refractivity contribution is -0.123. The van der Waals surface area contributed by atoms with E-state index < -0.39 is 5.91 Å². The number of rotatable bonds is 7. The molecular formula is C18H19BrN4O3. The van der Waals surface area contributed by atoms with Crippen LogP contribution in [-0.2, 0) is 9.59 Å². The summed E-state index contributed by atoms with van der Waals surface area (Å²) >= 11 is 3.38. The average Bonchev–Trinajstić information content (AvgIpc) is 2.60. The highest BCUT2D eigenvalue weighted by atomic mass is 79.9. The maximum Gasteiger partial charge on any atom is 0.277 e. The van der Waals surface area contributed by atoms with Crippen LogP contribution in [-0.4, -0.2) is 29.1 Å². The fourth-order valence-corrected chi connectivity index (χ4v) is 2.58. The predicted octanol–water partition coefficient (Wildman–Crippen LogP) is 3.05. The van der Waals surface area contributed by atoms with Crippen molar-refractivity contribution in [3.05, 3.63) is 52.8 Å². The number of hydrogen-bond donors (Lipinski definition) is 2. The van der Waals surface area contributed by atoms with E-state index in [9.17, 15) is 9.59 Å². The quantitative estimate of drug-likeness (QED) is 0.533. The molecule has 0 aliphatic rings. The fraction of sp³-hybridized carbons (Fsp3) is 0.222. The lowest BCUT2D eigenvalue weighted by atomic mass is 10.2. The van der Waals surface area contributed by atoms with Crippen molar-refractivity contribution in [2.24, 2.45) is 5.10 Å². The van der Waals surface area contributed by atoms with Crippen molar-refractivity contribution >= 4 is 39.1 Å². The summed E-state index contributed by atoms with van der Waals surface area (Å²) in [5.74, 6) is -0.0832. The van der Waals surface area contributed by atoms with Gasteiger partial charge in [0.1, 0.15) is 5.75 Å². The van der Waals surface area contributed by atoms with E-state index >= 15 is 0 Å². The number of hydrazone groups is 1. The largest absolute Gasteiger partial charge is 0.483 e. The Morgan fingerprint density at radius 3 is 2.77 bits per heavy atom. The van der Waals surface area contributed by atoms with Gasteiger partial charge >= 0.3 is 0 Å². The molecule has 0 aliphatic heterocycles. The zero-order valence-corrected chi connectivity index (χ0v) is 16.0. The van der Waals surface area contributed by atoms with Gasteiger partial charge in [0.15, 0.2) is 6.61 Å². The van der Waals surface area contributed by atoms with Crippen LogP contribution in [0.3, 0.4) is 0 Å². The molecule has 1 aromatic carbocycles. The van der Waals surface area contributed by atoms with Crippen LogP contribution in [0.4, 0.5) is 5.69 Å². The van der Waals surface area contributed by atoms with E-state index in [2.05, 4.69) is 36.8 Å². The summed E-state index contributed by atoms with van der Waals surface area (Å²) in [4.78, 5) is 27.6. The Hall–Kier alpha value is -2.74. The van der Waals surface area contributed by atoms with Crippen LogP contribution in [0, 0.1) is 6.92 Å². The number of amides is 2. The highest BCUT2D eigenvalue weighted by Gasteiger charge is 2.07. The fourth-order valence-electron chi connectivity index (χ4n) is 1.97. The third kappa shape index (κ3) is 6.64. The molecule has 8 heteroatoms. The van der Waals surface area contributed by atoms with Crippen molar-refractivity contribution in [2.45, 2.75) is 20.3 Å². The van der Waals surface area contributed by atoms with Gasteiger partial charge in [0, 0.05) is 11.9 Å². The van der Waals surface area contributed by atoms with Crippen LogP contribution in [0.25, 0.3) is 0 Å². The van der Waals surface area contributed by atoms with E-state index in [4.69, 9.17) is 4.74 Å². The molecule has 136 valence electrons. The second-order valence-electron chi connectivity index (χ2n) is 5.57. The average molecular weight is 419 g/mol. The number of carbonyl (C=O) groups is 2. The third-order valence-corrected chi connectivity index (χ3v) is 3.80. The molecule has 0 spiro atoms. The summed E-state index contributed by atoms with van der Waals surface area (Å²) in [6.07, 6.45) is 3.22. The van der Waals surface area contributed by atoms with E-state index in [-0.39, 0.29) is 18.9 Å². The minimum absolute atomic E-state index is 0.0551. The van der Waals surface area contributed by atoms with Crippen molar-refractivity contribution < 1.29 is 14.3 Å². The lowest BCUT2D eigenvalue weighted by Crippen LogP contribution is -2.26. The number of halogens is 1. The van der Waals surface area contributed by atoms with Crippen LogP contribution in [0.2, 0.25) is 0 Å². The van der Waals surface area contributed by atoms with Gasteiger partial charge in [-0.3, -0.25) is 14.6 Å². The normalized spacial score (nSPS) is 11.0. The summed E-state index contributed by atoms with van der Waals surface area (Å²) in [7, 11) is 0. The summed E-state index contributed by atoms with van der Waals surface area (Å²) in [6.45, 7) is 3.43. The first-order valence-corrected chi connectivity index (χ1v) is 8.64.